The molecule has 2 unspecified atom stereocenters. The van der Waals surface area contributed by atoms with E-state index in [1.54, 1.807) is 24.3 Å². The molecule has 6 nitrogen and oxygen atoms in total. The molecule has 1 aliphatic rings. The summed E-state index contributed by atoms with van der Waals surface area (Å²) in [6.07, 6.45) is 6.05. The molecule has 1 saturated heterocycles. The minimum atomic E-state index is -0.486. The van der Waals surface area contributed by atoms with Crippen molar-refractivity contribution >= 4 is 11.9 Å². The van der Waals surface area contributed by atoms with Crippen molar-refractivity contribution in [2.45, 2.75) is 33.0 Å². The average Bonchev–Trinajstić information content (AvgIpc) is 2.67. The summed E-state index contributed by atoms with van der Waals surface area (Å²) in [6.45, 7) is 11.6. The van der Waals surface area contributed by atoms with E-state index in [9.17, 15) is 9.59 Å². The molecular weight excluding hydrogens is 356 g/mol. The van der Waals surface area contributed by atoms with E-state index in [4.69, 9.17) is 4.74 Å². The zero-order valence-corrected chi connectivity index (χ0v) is 16.9. The van der Waals surface area contributed by atoms with Crippen LogP contribution in [0.2, 0.25) is 0 Å². The van der Waals surface area contributed by atoms with Gasteiger partial charge in [0.15, 0.2) is 0 Å². The Morgan fingerprint density at radius 2 is 1.86 bits per heavy atom. The quantitative estimate of drug-likeness (QED) is 0.602. The van der Waals surface area contributed by atoms with E-state index in [-0.39, 0.29) is 18.1 Å². The Hall–Kier alpha value is -2.86. The molecule has 2 atom stereocenters. The lowest BCUT2D eigenvalue weighted by molar-refractivity contribution is -0.0567. The van der Waals surface area contributed by atoms with Crippen molar-refractivity contribution in [3.05, 3.63) is 71.6 Å². The van der Waals surface area contributed by atoms with Crippen LogP contribution in [0.15, 0.2) is 60.5 Å². The molecule has 0 aromatic heterocycles. The zero-order chi connectivity index (χ0) is 20.7. The number of carbonyl (C=O) groups excluding carboxylic acids is 2. The van der Waals surface area contributed by atoms with Crippen molar-refractivity contribution in [3.8, 4) is 0 Å². The number of hydrogen-bond donors (Lipinski definition) is 1. The summed E-state index contributed by atoms with van der Waals surface area (Å²) in [5.41, 5.74) is 2.19. The van der Waals surface area contributed by atoms with Crippen LogP contribution < -0.4 is 5.32 Å². The maximum absolute atomic E-state index is 12.4. The molecule has 1 aliphatic heterocycles. The third-order valence-corrected chi connectivity index (χ3v) is 4.36. The molecule has 1 heterocycles. The van der Waals surface area contributed by atoms with E-state index in [2.05, 4.69) is 35.4 Å². The summed E-state index contributed by atoms with van der Waals surface area (Å²) in [5, 5.41) is 2.74. The largest absolute Gasteiger partial charge is 0.465 e. The lowest BCUT2D eigenvalue weighted by Gasteiger charge is -2.37. The highest BCUT2D eigenvalue weighted by molar-refractivity contribution is 5.98. The minimum Gasteiger partial charge on any atom is -0.465 e. The highest BCUT2D eigenvalue weighted by Crippen LogP contribution is 2.17. The monoisotopic (exact) mass is 384 g/mol. The normalized spacial score (nSPS) is 20.1. The van der Waals surface area contributed by atoms with Gasteiger partial charge in [-0.1, -0.05) is 18.7 Å². The number of hydrogen-bond acceptors (Lipinski definition) is 5. The molecule has 0 spiro atoms. The molecule has 1 fully saturated rings. The number of amides is 1. The molecule has 1 amide bonds. The standard InChI is InChI=1S/C22H28N2O4/c1-6-20(24-13-16(3)28-17(4)14-24)11-10-15(2)23-21(25)18-8-7-9-19(12-18)22(26)27-5/h6-12,16-17H,2,13-14H2,1,3-5H3,(H,23,25)/b11-10-,20-6+. The first kappa shape index (κ1) is 21.4. The number of morpholine rings is 1. The van der Waals surface area contributed by atoms with Crippen molar-refractivity contribution in [2.24, 2.45) is 0 Å². The highest BCUT2D eigenvalue weighted by Gasteiger charge is 2.22. The van der Waals surface area contributed by atoms with Gasteiger partial charge >= 0.3 is 5.97 Å². The van der Waals surface area contributed by atoms with Crippen LogP contribution in [0.5, 0.6) is 0 Å². The second-order valence-corrected chi connectivity index (χ2v) is 6.76. The van der Waals surface area contributed by atoms with Crippen molar-refractivity contribution in [1.29, 1.82) is 0 Å². The zero-order valence-electron chi connectivity index (χ0n) is 16.9. The van der Waals surface area contributed by atoms with Crippen LogP contribution in [0.4, 0.5) is 0 Å². The second kappa shape index (κ2) is 9.90. The molecule has 150 valence electrons. The Bertz CT molecular complexity index is 787. The summed E-state index contributed by atoms with van der Waals surface area (Å²) in [7, 11) is 1.30. The Morgan fingerprint density at radius 3 is 2.46 bits per heavy atom. The molecule has 2 rings (SSSR count). The first-order valence-electron chi connectivity index (χ1n) is 9.27. The van der Waals surface area contributed by atoms with Crippen LogP contribution in [0.3, 0.4) is 0 Å². The lowest BCUT2D eigenvalue weighted by atomic mass is 10.1. The first-order chi connectivity index (χ1) is 13.3. The third kappa shape index (κ3) is 5.82. The SMILES string of the molecule is C=C(/C=C\C(=C/C)N1CC(C)OC(C)C1)NC(=O)c1cccc(C(=O)OC)c1. The molecule has 1 aromatic carbocycles. The fraction of sp³-hybridized carbons (Fsp3) is 0.364. The average molecular weight is 384 g/mol. The van der Waals surface area contributed by atoms with Gasteiger partial charge < -0.3 is 19.7 Å². The molecule has 0 bridgehead atoms. The van der Waals surface area contributed by atoms with Gasteiger partial charge in [0.1, 0.15) is 0 Å². The number of esters is 1. The van der Waals surface area contributed by atoms with Crippen molar-refractivity contribution in [2.75, 3.05) is 20.2 Å². The Balaban J connectivity index is 2.00. The van der Waals surface area contributed by atoms with Gasteiger partial charge in [0.25, 0.3) is 5.91 Å². The van der Waals surface area contributed by atoms with Crippen molar-refractivity contribution < 1.29 is 19.1 Å². The van der Waals surface area contributed by atoms with Gasteiger partial charge in [0.05, 0.1) is 24.9 Å². The van der Waals surface area contributed by atoms with Crippen LogP contribution in [-0.2, 0) is 9.47 Å². The number of nitrogens with one attached hydrogen (secondary N) is 1. The minimum absolute atomic E-state index is 0.164. The number of benzene rings is 1. The number of rotatable bonds is 6. The fourth-order valence-electron chi connectivity index (χ4n) is 3.12. The lowest BCUT2D eigenvalue weighted by Crippen LogP contribution is -2.44. The van der Waals surface area contributed by atoms with Crippen LogP contribution in [0.25, 0.3) is 0 Å². The molecule has 1 aromatic rings. The fourth-order valence-corrected chi connectivity index (χ4v) is 3.12. The molecule has 1 N–H and O–H groups in total. The van der Waals surface area contributed by atoms with Gasteiger partial charge in [-0.05, 0) is 51.1 Å². The maximum atomic E-state index is 12.4. The molecular formula is C22H28N2O4. The van der Waals surface area contributed by atoms with E-state index in [0.717, 1.165) is 18.8 Å². The Labute approximate surface area is 166 Å². The van der Waals surface area contributed by atoms with Crippen molar-refractivity contribution in [3.63, 3.8) is 0 Å². The second-order valence-electron chi connectivity index (χ2n) is 6.76. The molecule has 6 heteroatoms. The number of allylic oxidation sites excluding steroid dienone is 3. The molecule has 0 radical (unpaired) electrons. The maximum Gasteiger partial charge on any atom is 0.337 e. The van der Waals surface area contributed by atoms with E-state index < -0.39 is 5.97 Å². The van der Waals surface area contributed by atoms with Gasteiger partial charge in [0, 0.05) is 30.0 Å². The van der Waals surface area contributed by atoms with E-state index in [0.29, 0.717) is 16.8 Å². The topological polar surface area (TPSA) is 67.9 Å². The third-order valence-electron chi connectivity index (χ3n) is 4.36. The van der Waals surface area contributed by atoms with Gasteiger partial charge in [-0.3, -0.25) is 4.79 Å². The van der Waals surface area contributed by atoms with Crippen molar-refractivity contribution in [1.82, 2.24) is 10.2 Å². The Morgan fingerprint density at radius 1 is 1.21 bits per heavy atom. The highest BCUT2D eigenvalue weighted by atomic mass is 16.5. The number of nitrogens with zero attached hydrogens (tertiary/aromatic N) is 1. The number of ether oxygens (including phenoxy) is 2. The van der Waals surface area contributed by atoms with Crippen LogP contribution >= 0.6 is 0 Å². The summed E-state index contributed by atoms with van der Waals surface area (Å²) < 4.78 is 10.5. The summed E-state index contributed by atoms with van der Waals surface area (Å²) >= 11 is 0. The summed E-state index contributed by atoms with van der Waals surface area (Å²) in [4.78, 5) is 26.3. The van der Waals surface area contributed by atoms with Gasteiger partial charge in [-0.15, -0.1) is 0 Å². The molecule has 0 saturated carbocycles. The predicted octanol–water partition coefficient (Wildman–Crippen LogP) is 3.29. The predicted molar refractivity (Wildman–Crippen MR) is 109 cm³/mol. The van der Waals surface area contributed by atoms with Crippen LogP contribution in [-0.4, -0.2) is 49.2 Å². The van der Waals surface area contributed by atoms with E-state index in [1.165, 1.54) is 13.2 Å². The summed E-state index contributed by atoms with van der Waals surface area (Å²) in [6, 6.07) is 6.36. The first-order valence-corrected chi connectivity index (χ1v) is 9.27. The van der Waals surface area contributed by atoms with Crippen LogP contribution in [0.1, 0.15) is 41.5 Å². The smallest absolute Gasteiger partial charge is 0.337 e. The van der Waals surface area contributed by atoms with Gasteiger partial charge in [-0.25, -0.2) is 4.79 Å². The van der Waals surface area contributed by atoms with Crippen LogP contribution in [0, 0.1) is 0 Å². The van der Waals surface area contributed by atoms with E-state index >= 15 is 0 Å². The molecule has 0 aliphatic carbocycles. The van der Waals surface area contributed by atoms with Gasteiger partial charge in [-0.2, -0.15) is 0 Å². The Kier molecular flexibility index (Phi) is 7.58. The number of carbonyl (C=O) groups is 2. The molecule has 28 heavy (non-hydrogen) atoms. The number of methoxy groups -OCH3 is 1. The van der Waals surface area contributed by atoms with E-state index in [1.807, 2.05) is 19.1 Å². The summed E-state index contributed by atoms with van der Waals surface area (Å²) in [5.74, 6) is -0.823. The van der Waals surface area contributed by atoms with Gasteiger partial charge in [0.2, 0.25) is 0 Å².